The van der Waals surface area contributed by atoms with Gasteiger partial charge in [0.2, 0.25) is 0 Å². The number of ether oxygens (including phenoxy) is 4. The van der Waals surface area contributed by atoms with Crippen LogP contribution in [0.4, 0.5) is 0 Å². The zero-order valence-corrected chi connectivity index (χ0v) is 8.65. The minimum Gasteiger partial charge on any atom is -0.473 e. The van der Waals surface area contributed by atoms with E-state index in [9.17, 15) is 0 Å². The van der Waals surface area contributed by atoms with Crippen LogP contribution < -0.4 is 0 Å². The van der Waals surface area contributed by atoms with Gasteiger partial charge in [-0.25, -0.2) is 0 Å². The number of methoxy groups -OCH3 is 1. The minimum absolute atomic E-state index is 0.286. The second kappa shape index (κ2) is 6.88. The van der Waals surface area contributed by atoms with Crippen LogP contribution in [0, 0.1) is 0 Å². The summed E-state index contributed by atoms with van der Waals surface area (Å²) in [5.41, 5.74) is 0. The molecule has 0 radical (unpaired) electrons. The third kappa shape index (κ3) is 6.57. The van der Waals surface area contributed by atoms with Crippen molar-refractivity contribution in [1.82, 2.24) is 0 Å². The summed E-state index contributed by atoms with van der Waals surface area (Å²) in [6, 6.07) is 0. The molecule has 0 aliphatic carbocycles. The van der Waals surface area contributed by atoms with Crippen molar-refractivity contribution < 1.29 is 18.9 Å². The van der Waals surface area contributed by atoms with E-state index in [2.05, 4.69) is 6.58 Å². The van der Waals surface area contributed by atoms with Crippen molar-refractivity contribution in [2.24, 2.45) is 0 Å². The Morgan fingerprint density at radius 1 is 1.00 bits per heavy atom. The first-order valence-electron chi connectivity index (χ1n) is 4.20. The van der Waals surface area contributed by atoms with Gasteiger partial charge >= 0.3 is 0 Å². The van der Waals surface area contributed by atoms with Crippen LogP contribution in [-0.2, 0) is 18.9 Å². The Labute approximate surface area is 79.4 Å². The molecule has 0 fully saturated rings. The molecule has 0 spiro atoms. The third-order valence-electron chi connectivity index (χ3n) is 1.39. The lowest BCUT2D eigenvalue weighted by Gasteiger charge is -2.21. The van der Waals surface area contributed by atoms with Gasteiger partial charge in [-0.2, -0.15) is 0 Å². The first kappa shape index (κ1) is 12.4. The molecule has 0 amide bonds. The second-order valence-electron chi connectivity index (χ2n) is 2.51. The Hall–Kier alpha value is -0.580. The van der Waals surface area contributed by atoms with Crippen LogP contribution in [0.25, 0.3) is 0 Å². The molecular formula is C9H18O4. The van der Waals surface area contributed by atoms with Crippen molar-refractivity contribution in [3.63, 3.8) is 0 Å². The Morgan fingerprint density at radius 3 is 2.00 bits per heavy atom. The van der Waals surface area contributed by atoms with Gasteiger partial charge in [0.15, 0.2) is 18.9 Å². The van der Waals surface area contributed by atoms with Gasteiger partial charge in [-0.15, -0.1) is 0 Å². The molecule has 3 unspecified atom stereocenters. The predicted molar refractivity (Wildman–Crippen MR) is 48.8 cm³/mol. The van der Waals surface area contributed by atoms with E-state index in [4.69, 9.17) is 18.9 Å². The van der Waals surface area contributed by atoms with E-state index in [1.807, 2.05) is 0 Å². The average Bonchev–Trinajstić information content (AvgIpc) is 2.04. The van der Waals surface area contributed by atoms with Gasteiger partial charge in [0, 0.05) is 7.11 Å². The Morgan fingerprint density at radius 2 is 1.54 bits per heavy atom. The molecule has 0 saturated heterocycles. The molecule has 4 heteroatoms. The minimum atomic E-state index is -0.370. The topological polar surface area (TPSA) is 36.9 Å². The molecule has 13 heavy (non-hydrogen) atoms. The highest BCUT2D eigenvalue weighted by Crippen LogP contribution is 2.04. The zero-order valence-electron chi connectivity index (χ0n) is 8.65. The molecule has 0 aromatic carbocycles. The standard InChI is InChI=1S/C9H18O4/c1-6-11-8(3)13-9(4)12-7(2)10-5/h6-9H,1H2,2-5H3. The van der Waals surface area contributed by atoms with Crippen molar-refractivity contribution in [3.05, 3.63) is 12.8 Å². The first-order chi connectivity index (χ1) is 6.10. The van der Waals surface area contributed by atoms with Gasteiger partial charge in [0.25, 0.3) is 0 Å². The molecule has 0 saturated carbocycles. The molecule has 3 atom stereocenters. The van der Waals surface area contributed by atoms with Crippen molar-refractivity contribution in [2.45, 2.75) is 39.6 Å². The van der Waals surface area contributed by atoms with Crippen molar-refractivity contribution in [1.29, 1.82) is 0 Å². The van der Waals surface area contributed by atoms with E-state index in [-0.39, 0.29) is 18.9 Å². The maximum absolute atomic E-state index is 5.27. The zero-order chi connectivity index (χ0) is 10.3. The summed E-state index contributed by atoms with van der Waals surface area (Å²) in [5, 5.41) is 0. The highest BCUT2D eigenvalue weighted by atomic mass is 16.8. The number of hydrogen-bond donors (Lipinski definition) is 0. The van der Waals surface area contributed by atoms with Gasteiger partial charge in [-0.3, -0.25) is 0 Å². The quantitative estimate of drug-likeness (QED) is 0.453. The van der Waals surface area contributed by atoms with Crippen LogP contribution >= 0.6 is 0 Å². The molecule has 0 bridgehead atoms. The average molecular weight is 190 g/mol. The normalized spacial score (nSPS) is 17.5. The van der Waals surface area contributed by atoms with Crippen LogP contribution in [0.5, 0.6) is 0 Å². The summed E-state index contributed by atoms with van der Waals surface area (Å²) in [6.07, 6.45) is 0.310. The SMILES string of the molecule is C=COC(C)OC(C)OC(C)OC. The fourth-order valence-electron chi connectivity index (χ4n) is 0.795. The maximum Gasteiger partial charge on any atom is 0.198 e. The van der Waals surface area contributed by atoms with E-state index >= 15 is 0 Å². The highest BCUT2D eigenvalue weighted by molar-refractivity contribution is 4.49. The molecule has 78 valence electrons. The monoisotopic (exact) mass is 190 g/mol. The lowest BCUT2D eigenvalue weighted by atomic mass is 10.6. The lowest BCUT2D eigenvalue weighted by molar-refractivity contribution is -0.266. The molecule has 0 aliphatic rings. The summed E-state index contributed by atoms with van der Waals surface area (Å²) in [6.45, 7) is 8.75. The molecule has 0 aromatic rings. The molecule has 0 heterocycles. The van der Waals surface area contributed by atoms with E-state index < -0.39 is 0 Å². The smallest absolute Gasteiger partial charge is 0.198 e. The van der Waals surface area contributed by atoms with Crippen molar-refractivity contribution >= 4 is 0 Å². The van der Waals surface area contributed by atoms with Crippen LogP contribution in [0.3, 0.4) is 0 Å². The van der Waals surface area contributed by atoms with E-state index in [0.29, 0.717) is 0 Å². The van der Waals surface area contributed by atoms with Gasteiger partial charge in [-0.1, -0.05) is 6.58 Å². The van der Waals surface area contributed by atoms with Crippen molar-refractivity contribution in [2.75, 3.05) is 7.11 Å². The summed E-state index contributed by atoms with van der Waals surface area (Å²) in [4.78, 5) is 0. The highest BCUT2D eigenvalue weighted by Gasteiger charge is 2.11. The van der Waals surface area contributed by atoms with Crippen molar-refractivity contribution in [3.8, 4) is 0 Å². The fraction of sp³-hybridized carbons (Fsp3) is 0.778. The summed E-state index contributed by atoms with van der Waals surface area (Å²) in [7, 11) is 1.57. The molecule has 0 aromatic heterocycles. The van der Waals surface area contributed by atoms with Crippen LogP contribution in [0.1, 0.15) is 20.8 Å². The van der Waals surface area contributed by atoms with Crippen LogP contribution in [0.15, 0.2) is 12.8 Å². The van der Waals surface area contributed by atoms with Gasteiger partial charge in [0.1, 0.15) is 0 Å². The maximum atomic E-state index is 5.27. The van der Waals surface area contributed by atoms with Crippen LogP contribution in [-0.4, -0.2) is 26.0 Å². The summed E-state index contributed by atoms with van der Waals surface area (Å²) in [5.74, 6) is 0. The lowest BCUT2D eigenvalue weighted by Crippen LogP contribution is -2.25. The van der Waals surface area contributed by atoms with E-state index in [0.717, 1.165) is 0 Å². The van der Waals surface area contributed by atoms with E-state index in [1.54, 1.807) is 27.9 Å². The van der Waals surface area contributed by atoms with E-state index in [1.165, 1.54) is 6.26 Å². The molecule has 0 aliphatic heterocycles. The van der Waals surface area contributed by atoms with Gasteiger partial charge in [-0.05, 0) is 20.8 Å². The molecule has 4 nitrogen and oxygen atoms in total. The summed E-state index contributed by atoms with van der Waals surface area (Å²) >= 11 is 0. The number of rotatable bonds is 7. The second-order valence-corrected chi connectivity index (χ2v) is 2.51. The first-order valence-corrected chi connectivity index (χ1v) is 4.20. The Bertz CT molecular complexity index is 138. The molecule has 0 rings (SSSR count). The summed E-state index contributed by atoms with van der Waals surface area (Å²) < 4.78 is 20.4. The fourth-order valence-corrected chi connectivity index (χ4v) is 0.795. The Kier molecular flexibility index (Phi) is 6.58. The molecular weight excluding hydrogens is 172 g/mol. The van der Waals surface area contributed by atoms with Crippen LogP contribution in [0.2, 0.25) is 0 Å². The predicted octanol–water partition coefficient (Wildman–Crippen LogP) is 1.86. The van der Waals surface area contributed by atoms with Gasteiger partial charge < -0.3 is 18.9 Å². The largest absolute Gasteiger partial charge is 0.473 e. The van der Waals surface area contributed by atoms with Gasteiger partial charge in [0.05, 0.1) is 6.26 Å². The Balaban J connectivity index is 3.59. The molecule has 0 N–H and O–H groups in total. The third-order valence-corrected chi connectivity index (χ3v) is 1.39. The number of hydrogen-bond acceptors (Lipinski definition) is 4.